The second-order valence-electron chi connectivity index (χ2n) is 2.56. The Morgan fingerprint density at radius 2 is 2.09 bits per heavy atom. The summed E-state index contributed by atoms with van der Waals surface area (Å²) in [6, 6.07) is 0. The molecule has 1 unspecified atom stereocenters. The number of carbonyl (C=O) groups is 1. The molecule has 0 heterocycles. The molecule has 0 saturated heterocycles. The molecule has 0 amide bonds. The van der Waals surface area contributed by atoms with Crippen LogP contribution in [0, 0.1) is 0 Å². The Morgan fingerprint density at radius 1 is 1.36 bits per heavy atom. The van der Waals surface area contributed by atoms with Gasteiger partial charge in [0.25, 0.3) is 0 Å². The third-order valence-electron chi connectivity index (χ3n) is 1.52. The molecule has 1 atom stereocenters. The second-order valence-corrected chi connectivity index (χ2v) is 3.18. The molecule has 0 aromatic carbocycles. The Morgan fingerprint density at radius 3 is 2.64 bits per heavy atom. The standard InChI is InChI=1S/C9H15ClO/c1-2-3-4-6-9(10)7-5-8-11/h2,8-9H,1,3-7H2. The first-order valence-corrected chi connectivity index (χ1v) is 4.43. The molecular weight excluding hydrogens is 160 g/mol. The van der Waals surface area contributed by atoms with E-state index in [1.165, 1.54) is 0 Å². The van der Waals surface area contributed by atoms with Gasteiger partial charge in [0.15, 0.2) is 0 Å². The van der Waals surface area contributed by atoms with Crippen molar-refractivity contribution < 1.29 is 4.79 Å². The van der Waals surface area contributed by atoms with Gasteiger partial charge in [0.1, 0.15) is 6.29 Å². The van der Waals surface area contributed by atoms with Crippen molar-refractivity contribution in [2.45, 2.75) is 37.5 Å². The highest BCUT2D eigenvalue weighted by Crippen LogP contribution is 2.12. The van der Waals surface area contributed by atoms with Crippen molar-refractivity contribution in [2.24, 2.45) is 0 Å². The third-order valence-corrected chi connectivity index (χ3v) is 1.96. The normalized spacial score (nSPS) is 12.5. The van der Waals surface area contributed by atoms with Crippen molar-refractivity contribution in [3.63, 3.8) is 0 Å². The van der Waals surface area contributed by atoms with E-state index >= 15 is 0 Å². The van der Waals surface area contributed by atoms with Crippen LogP contribution in [-0.4, -0.2) is 11.7 Å². The number of hydrogen-bond acceptors (Lipinski definition) is 1. The van der Waals surface area contributed by atoms with Gasteiger partial charge in [0, 0.05) is 11.8 Å². The van der Waals surface area contributed by atoms with Crippen molar-refractivity contribution in [3.05, 3.63) is 12.7 Å². The van der Waals surface area contributed by atoms with Crippen LogP contribution < -0.4 is 0 Å². The lowest BCUT2D eigenvalue weighted by Gasteiger charge is -2.04. The fraction of sp³-hybridized carbons (Fsp3) is 0.667. The number of allylic oxidation sites excluding steroid dienone is 1. The highest BCUT2D eigenvalue weighted by Gasteiger charge is 2.01. The molecule has 0 radical (unpaired) electrons. The van der Waals surface area contributed by atoms with Gasteiger partial charge in [-0.15, -0.1) is 18.2 Å². The molecule has 0 spiro atoms. The quantitative estimate of drug-likeness (QED) is 0.251. The molecule has 0 aliphatic rings. The van der Waals surface area contributed by atoms with Gasteiger partial charge < -0.3 is 4.79 Å². The molecule has 0 fully saturated rings. The number of halogens is 1. The average molecular weight is 175 g/mol. The first kappa shape index (κ1) is 10.7. The largest absolute Gasteiger partial charge is 0.303 e. The van der Waals surface area contributed by atoms with E-state index in [0.717, 1.165) is 32.0 Å². The molecule has 0 saturated carbocycles. The lowest BCUT2D eigenvalue weighted by molar-refractivity contribution is -0.107. The molecule has 0 bridgehead atoms. The molecule has 64 valence electrons. The Bertz CT molecular complexity index is 112. The summed E-state index contributed by atoms with van der Waals surface area (Å²) < 4.78 is 0. The van der Waals surface area contributed by atoms with Crippen LogP contribution in [0.15, 0.2) is 12.7 Å². The van der Waals surface area contributed by atoms with Crippen LogP contribution in [-0.2, 0) is 4.79 Å². The predicted octanol–water partition coefficient (Wildman–Crippen LogP) is 2.93. The maximum absolute atomic E-state index is 9.96. The zero-order valence-corrected chi connectivity index (χ0v) is 7.52. The van der Waals surface area contributed by atoms with E-state index in [1.54, 1.807) is 0 Å². The Hall–Kier alpha value is -0.300. The number of unbranched alkanes of at least 4 members (excludes halogenated alkanes) is 1. The van der Waals surface area contributed by atoms with E-state index in [0.29, 0.717) is 6.42 Å². The van der Waals surface area contributed by atoms with Crippen molar-refractivity contribution in [2.75, 3.05) is 0 Å². The Kier molecular flexibility index (Phi) is 7.59. The number of alkyl halides is 1. The van der Waals surface area contributed by atoms with Crippen molar-refractivity contribution >= 4 is 17.9 Å². The summed E-state index contributed by atoms with van der Waals surface area (Å²) in [4.78, 5) is 9.96. The molecule has 0 rings (SSSR count). The van der Waals surface area contributed by atoms with Gasteiger partial charge in [0.05, 0.1) is 0 Å². The van der Waals surface area contributed by atoms with Crippen LogP contribution in [0.1, 0.15) is 32.1 Å². The summed E-state index contributed by atoms with van der Waals surface area (Å²) in [6.45, 7) is 3.62. The van der Waals surface area contributed by atoms with E-state index in [2.05, 4.69) is 6.58 Å². The molecule has 1 nitrogen and oxygen atoms in total. The molecule has 0 aliphatic heterocycles. The monoisotopic (exact) mass is 174 g/mol. The van der Waals surface area contributed by atoms with Gasteiger partial charge in [-0.3, -0.25) is 0 Å². The molecular formula is C9H15ClO. The fourth-order valence-corrected chi connectivity index (χ4v) is 1.16. The van der Waals surface area contributed by atoms with Crippen LogP contribution in [0.3, 0.4) is 0 Å². The van der Waals surface area contributed by atoms with Crippen molar-refractivity contribution in [3.8, 4) is 0 Å². The van der Waals surface area contributed by atoms with Crippen LogP contribution >= 0.6 is 11.6 Å². The number of hydrogen-bond donors (Lipinski definition) is 0. The summed E-state index contributed by atoms with van der Waals surface area (Å²) in [5.41, 5.74) is 0. The SMILES string of the molecule is C=CCCCC(Cl)CCC=O. The maximum atomic E-state index is 9.96. The topological polar surface area (TPSA) is 17.1 Å². The van der Waals surface area contributed by atoms with Gasteiger partial charge in [0.2, 0.25) is 0 Å². The van der Waals surface area contributed by atoms with Gasteiger partial charge in [-0.1, -0.05) is 6.08 Å². The zero-order chi connectivity index (χ0) is 8.53. The molecule has 0 aliphatic carbocycles. The summed E-state index contributed by atoms with van der Waals surface area (Å²) in [5.74, 6) is 0. The summed E-state index contributed by atoms with van der Waals surface area (Å²) >= 11 is 5.90. The molecule has 2 heteroatoms. The Balaban J connectivity index is 3.14. The van der Waals surface area contributed by atoms with Crippen LogP contribution in [0.4, 0.5) is 0 Å². The van der Waals surface area contributed by atoms with E-state index in [-0.39, 0.29) is 5.38 Å². The van der Waals surface area contributed by atoms with E-state index in [9.17, 15) is 4.79 Å². The first-order valence-electron chi connectivity index (χ1n) is 4.00. The summed E-state index contributed by atoms with van der Waals surface area (Å²) in [7, 11) is 0. The zero-order valence-electron chi connectivity index (χ0n) is 6.76. The molecule has 0 aromatic rings. The van der Waals surface area contributed by atoms with Crippen LogP contribution in [0.2, 0.25) is 0 Å². The predicted molar refractivity (Wildman–Crippen MR) is 49.0 cm³/mol. The fourth-order valence-electron chi connectivity index (χ4n) is 0.877. The van der Waals surface area contributed by atoms with Crippen LogP contribution in [0.25, 0.3) is 0 Å². The van der Waals surface area contributed by atoms with Gasteiger partial charge in [-0.25, -0.2) is 0 Å². The number of rotatable bonds is 7. The van der Waals surface area contributed by atoms with E-state index < -0.39 is 0 Å². The lowest BCUT2D eigenvalue weighted by atomic mass is 10.1. The van der Waals surface area contributed by atoms with Gasteiger partial charge in [-0.2, -0.15) is 0 Å². The van der Waals surface area contributed by atoms with Gasteiger partial charge >= 0.3 is 0 Å². The summed E-state index contributed by atoms with van der Waals surface area (Å²) in [5, 5.41) is 0.167. The van der Waals surface area contributed by atoms with E-state index in [1.807, 2.05) is 6.08 Å². The minimum Gasteiger partial charge on any atom is -0.303 e. The number of aldehydes is 1. The lowest BCUT2D eigenvalue weighted by Crippen LogP contribution is -1.98. The number of carbonyl (C=O) groups excluding carboxylic acids is 1. The third kappa shape index (κ3) is 7.60. The molecule has 0 aromatic heterocycles. The van der Waals surface area contributed by atoms with Crippen LogP contribution in [0.5, 0.6) is 0 Å². The molecule has 11 heavy (non-hydrogen) atoms. The highest BCUT2D eigenvalue weighted by atomic mass is 35.5. The van der Waals surface area contributed by atoms with Gasteiger partial charge in [-0.05, 0) is 25.7 Å². The van der Waals surface area contributed by atoms with Crippen molar-refractivity contribution in [1.29, 1.82) is 0 Å². The van der Waals surface area contributed by atoms with Crippen molar-refractivity contribution in [1.82, 2.24) is 0 Å². The maximum Gasteiger partial charge on any atom is 0.120 e. The minimum absolute atomic E-state index is 0.167. The second kappa shape index (κ2) is 7.80. The highest BCUT2D eigenvalue weighted by molar-refractivity contribution is 6.20. The first-order chi connectivity index (χ1) is 5.31. The Labute approximate surface area is 73.4 Å². The van der Waals surface area contributed by atoms with E-state index in [4.69, 9.17) is 11.6 Å². The smallest absolute Gasteiger partial charge is 0.120 e. The summed E-state index contributed by atoms with van der Waals surface area (Å²) in [6.07, 6.45) is 7.29. The minimum atomic E-state index is 0.167. The average Bonchev–Trinajstić information content (AvgIpc) is 2.01. The molecule has 0 N–H and O–H groups in total.